The Labute approximate surface area is 114 Å². The minimum absolute atomic E-state index is 0.0258. The van der Waals surface area contributed by atoms with Crippen LogP contribution in [0.25, 0.3) is 0 Å². The minimum Gasteiger partial charge on any atom is -0.481 e. The Kier molecular flexibility index (Phi) is 2.81. The fourth-order valence-electron chi connectivity index (χ4n) is 2.94. The quantitative estimate of drug-likeness (QED) is 0.831. The van der Waals surface area contributed by atoms with Crippen molar-refractivity contribution in [3.63, 3.8) is 0 Å². The first-order valence-corrected chi connectivity index (χ1v) is 6.34. The summed E-state index contributed by atoms with van der Waals surface area (Å²) in [5.74, 6) is -3.01. The average molecular weight is 277 g/mol. The lowest BCUT2D eigenvalue weighted by molar-refractivity contribution is -0.141. The highest BCUT2D eigenvalue weighted by Crippen LogP contribution is 2.36. The van der Waals surface area contributed by atoms with Crippen molar-refractivity contribution in [1.29, 1.82) is 0 Å². The Morgan fingerprint density at radius 3 is 2.15 bits per heavy atom. The van der Waals surface area contributed by atoms with Gasteiger partial charge < -0.3 is 5.11 Å². The van der Waals surface area contributed by atoms with E-state index in [4.69, 9.17) is 5.11 Å². The summed E-state index contributed by atoms with van der Waals surface area (Å²) in [4.78, 5) is 36.2. The number of hydrogen-bond acceptors (Lipinski definition) is 3. The monoisotopic (exact) mass is 277 g/mol. The van der Waals surface area contributed by atoms with Crippen LogP contribution in [0, 0.1) is 5.92 Å². The first-order valence-electron chi connectivity index (χ1n) is 6.34. The normalized spacial score (nSPS) is 28.9. The first-order chi connectivity index (χ1) is 9.50. The largest absolute Gasteiger partial charge is 0.481 e. The fourth-order valence-corrected chi connectivity index (χ4v) is 2.94. The number of carboxylic acid groups (broad SMARTS) is 1. The van der Waals surface area contributed by atoms with Gasteiger partial charge in [0.05, 0.1) is 23.1 Å². The fraction of sp³-hybridized carbons (Fsp3) is 0.357. The third-order valence-corrected chi connectivity index (χ3v) is 3.96. The molecule has 1 saturated carbocycles. The van der Waals surface area contributed by atoms with Gasteiger partial charge >= 0.3 is 5.97 Å². The summed E-state index contributed by atoms with van der Waals surface area (Å²) in [7, 11) is 0. The standard InChI is InChI=1S/C14H12FNO4/c15-10-5-7(14(19)20)6-11(10)16-12(17)8-3-1-2-4-9(8)13(16)18/h1-4,7,10-11H,5-6H2,(H,19,20)/t7-,10+,11+/m1/s1. The lowest BCUT2D eigenvalue weighted by Crippen LogP contribution is -2.42. The number of aliphatic carboxylic acids is 1. The molecule has 3 atom stereocenters. The van der Waals surface area contributed by atoms with Crippen molar-refractivity contribution in [2.24, 2.45) is 5.92 Å². The molecule has 6 heteroatoms. The number of rotatable bonds is 2. The molecule has 0 unspecified atom stereocenters. The molecule has 0 bridgehead atoms. The summed E-state index contributed by atoms with van der Waals surface area (Å²) in [6.45, 7) is 0. The van der Waals surface area contributed by atoms with E-state index in [0.717, 1.165) is 4.90 Å². The Balaban J connectivity index is 1.92. The van der Waals surface area contributed by atoms with Gasteiger partial charge in [0.2, 0.25) is 0 Å². The lowest BCUT2D eigenvalue weighted by atomic mass is 10.1. The van der Waals surface area contributed by atoms with Crippen LogP contribution >= 0.6 is 0 Å². The van der Waals surface area contributed by atoms with E-state index in [9.17, 15) is 18.8 Å². The second kappa shape index (κ2) is 4.40. The van der Waals surface area contributed by atoms with Crippen LogP contribution in [-0.4, -0.2) is 40.0 Å². The van der Waals surface area contributed by atoms with E-state index in [1.807, 2.05) is 0 Å². The summed E-state index contributed by atoms with van der Waals surface area (Å²) >= 11 is 0. The molecule has 1 aliphatic heterocycles. The highest BCUT2D eigenvalue weighted by Gasteiger charge is 2.48. The maximum Gasteiger partial charge on any atom is 0.306 e. The number of fused-ring (bicyclic) bond motifs is 1. The molecule has 1 fully saturated rings. The SMILES string of the molecule is O=C(O)[C@@H]1C[C@H](F)[C@@H](N2C(=O)c3ccccc3C2=O)C1. The molecule has 0 saturated heterocycles. The maximum absolute atomic E-state index is 14.0. The van der Waals surface area contributed by atoms with E-state index < -0.39 is 35.9 Å². The predicted octanol–water partition coefficient (Wildman–Crippen LogP) is 1.48. The van der Waals surface area contributed by atoms with Gasteiger partial charge in [0.15, 0.2) is 0 Å². The van der Waals surface area contributed by atoms with Gasteiger partial charge in [0.25, 0.3) is 11.8 Å². The van der Waals surface area contributed by atoms with Crippen LogP contribution in [0.5, 0.6) is 0 Å². The molecule has 1 heterocycles. The Bertz CT molecular complexity index is 580. The smallest absolute Gasteiger partial charge is 0.306 e. The maximum atomic E-state index is 14.0. The molecule has 1 aromatic rings. The number of hydrogen-bond donors (Lipinski definition) is 1. The number of carboxylic acids is 1. The Hall–Kier alpha value is -2.24. The zero-order valence-electron chi connectivity index (χ0n) is 10.5. The van der Waals surface area contributed by atoms with Crippen molar-refractivity contribution in [1.82, 2.24) is 4.90 Å². The van der Waals surface area contributed by atoms with Crippen LogP contribution in [0.15, 0.2) is 24.3 Å². The highest BCUT2D eigenvalue weighted by molar-refractivity contribution is 6.21. The second-order valence-electron chi connectivity index (χ2n) is 5.12. The highest BCUT2D eigenvalue weighted by atomic mass is 19.1. The van der Waals surface area contributed by atoms with Gasteiger partial charge in [0, 0.05) is 0 Å². The summed E-state index contributed by atoms with van der Waals surface area (Å²) in [5.41, 5.74) is 0.506. The summed E-state index contributed by atoms with van der Waals surface area (Å²) in [5, 5.41) is 8.94. The number of benzene rings is 1. The topological polar surface area (TPSA) is 74.7 Å². The van der Waals surface area contributed by atoms with Gasteiger partial charge in [-0.05, 0) is 25.0 Å². The average Bonchev–Trinajstić information content (AvgIpc) is 2.91. The number of alkyl halides is 1. The van der Waals surface area contributed by atoms with E-state index in [2.05, 4.69) is 0 Å². The molecule has 20 heavy (non-hydrogen) atoms. The van der Waals surface area contributed by atoms with Gasteiger partial charge in [-0.15, -0.1) is 0 Å². The molecule has 1 N–H and O–H groups in total. The number of carbonyl (C=O) groups is 3. The number of halogens is 1. The van der Waals surface area contributed by atoms with Crippen molar-refractivity contribution in [2.45, 2.75) is 25.1 Å². The van der Waals surface area contributed by atoms with Gasteiger partial charge in [-0.2, -0.15) is 0 Å². The van der Waals surface area contributed by atoms with Crippen LogP contribution in [0.4, 0.5) is 4.39 Å². The first kappa shape index (κ1) is 12.8. The molecule has 104 valence electrons. The van der Waals surface area contributed by atoms with Crippen LogP contribution in [0.1, 0.15) is 33.6 Å². The van der Waals surface area contributed by atoms with Crippen molar-refractivity contribution >= 4 is 17.8 Å². The molecule has 1 aromatic carbocycles. The molecule has 2 aliphatic rings. The van der Waals surface area contributed by atoms with Crippen molar-refractivity contribution < 1.29 is 23.9 Å². The Morgan fingerprint density at radius 2 is 1.70 bits per heavy atom. The van der Waals surface area contributed by atoms with Crippen LogP contribution in [0.2, 0.25) is 0 Å². The predicted molar refractivity (Wildman–Crippen MR) is 66.0 cm³/mol. The minimum atomic E-state index is -1.49. The number of amides is 2. The van der Waals surface area contributed by atoms with E-state index in [0.29, 0.717) is 0 Å². The van der Waals surface area contributed by atoms with Crippen LogP contribution in [0.3, 0.4) is 0 Å². The summed E-state index contributed by atoms with van der Waals surface area (Å²) in [6, 6.07) is 5.33. The second-order valence-corrected chi connectivity index (χ2v) is 5.12. The molecule has 0 radical (unpaired) electrons. The van der Waals surface area contributed by atoms with Gasteiger partial charge in [-0.1, -0.05) is 12.1 Å². The van der Waals surface area contributed by atoms with Gasteiger partial charge in [0.1, 0.15) is 6.17 Å². The Morgan fingerprint density at radius 1 is 1.15 bits per heavy atom. The van der Waals surface area contributed by atoms with Gasteiger partial charge in [-0.25, -0.2) is 4.39 Å². The van der Waals surface area contributed by atoms with Crippen molar-refractivity contribution in [3.05, 3.63) is 35.4 Å². The van der Waals surface area contributed by atoms with Crippen LogP contribution < -0.4 is 0 Å². The zero-order valence-corrected chi connectivity index (χ0v) is 10.5. The van der Waals surface area contributed by atoms with E-state index in [1.165, 1.54) is 12.1 Å². The number of carbonyl (C=O) groups excluding carboxylic acids is 2. The zero-order chi connectivity index (χ0) is 14.4. The van der Waals surface area contributed by atoms with Crippen LogP contribution in [-0.2, 0) is 4.79 Å². The molecule has 0 spiro atoms. The van der Waals surface area contributed by atoms with E-state index >= 15 is 0 Å². The molecule has 5 nitrogen and oxygen atoms in total. The van der Waals surface area contributed by atoms with E-state index in [-0.39, 0.29) is 24.0 Å². The molecule has 3 rings (SSSR count). The molecule has 1 aliphatic carbocycles. The summed E-state index contributed by atoms with van der Waals surface area (Å²) < 4.78 is 14.0. The molecule has 2 amide bonds. The lowest BCUT2D eigenvalue weighted by Gasteiger charge is -2.23. The van der Waals surface area contributed by atoms with E-state index in [1.54, 1.807) is 12.1 Å². The van der Waals surface area contributed by atoms with Crippen molar-refractivity contribution in [2.75, 3.05) is 0 Å². The molecule has 0 aromatic heterocycles. The third kappa shape index (κ3) is 1.71. The molecular weight excluding hydrogens is 265 g/mol. The molecular formula is C14H12FNO4. The number of nitrogens with zero attached hydrogens (tertiary/aromatic N) is 1. The van der Waals surface area contributed by atoms with Gasteiger partial charge in [-0.3, -0.25) is 19.3 Å². The number of imide groups is 1. The third-order valence-electron chi connectivity index (χ3n) is 3.96. The summed E-state index contributed by atoms with van der Waals surface area (Å²) in [6.07, 6.45) is -1.67. The van der Waals surface area contributed by atoms with Crippen molar-refractivity contribution in [3.8, 4) is 0 Å².